The van der Waals surface area contributed by atoms with E-state index in [1.165, 1.54) is 6.92 Å². The molecule has 0 saturated carbocycles. The summed E-state index contributed by atoms with van der Waals surface area (Å²) in [6.45, 7) is 4.54. The molecule has 1 aromatic heterocycles. The third-order valence-electron chi connectivity index (χ3n) is 5.01. The minimum atomic E-state index is -5.06. The van der Waals surface area contributed by atoms with E-state index < -0.39 is 51.9 Å². The van der Waals surface area contributed by atoms with Crippen molar-refractivity contribution in [3.05, 3.63) is 74.3 Å². The Balaban J connectivity index is 2.33. The molecular weight excluding hydrogens is 440 g/mol. The zero-order valence-electron chi connectivity index (χ0n) is 17.3. The van der Waals surface area contributed by atoms with Crippen LogP contribution >= 0.6 is 0 Å². The van der Waals surface area contributed by atoms with Crippen LogP contribution in [0.1, 0.15) is 22.4 Å². The zero-order valence-corrected chi connectivity index (χ0v) is 17.3. The first-order chi connectivity index (χ1) is 14.9. The number of benzene rings is 2. The molecule has 4 nitrogen and oxygen atoms in total. The molecule has 3 rings (SSSR count). The first kappa shape index (κ1) is 23.2. The van der Waals surface area contributed by atoms with Crippen LogP contribution in [0.15, 0.2) is 29.1 Å². The summed E-state index contributed by atoms with van der Waals surface area (Å²) in [6.07, 6.45) is -5.06. The average Bonchev–Trinajstić information content (AvgIpc) is 2.72. The molecule has 1 heterocycles. The van der Waals surface area contributed by atoms with Crippen molar-refractivity contribution in [1.82, 2.24) is 4.98 Å². The maximum atomic E-state index is 14.4. The molecule has 0 radical (unpaired) electrons. The second-order valence-electron chi connectivity index (χ2n) is 7.02. The van der Waals surface area contributed by atoms with E-state index >= 15 is 0 Å². The van der Waals surface area contributed by atoms with Crippen molar-refractivity contribution in [2.24, 2.45) is 0 Å². The fraction of sp³-hybridized carbons (Fsp3) is 0.227. The number of hydrogen-bond acceptors (Lipinski definition) is 3. The van der Waals surface area contributed by atoms with Gasteiger partial charge in [0.05, 0.1) is 18.4 Å². The number of nitrogens with one attached hydrogen (secondary N) is 1. The number of hydrogen-bond donors (Lipinski definition) is 1. The van der Waals surface area contributed by atoms with Gasteiger partial charge in [0, 0.05) is 22.4 Å². The van der Waals surface area contributed by atoms with Gasteiger partial charge in [0.2, 0.25) is 11.6 Å². The maximum absolute atomic E-state index is 14.4. The summed E-state index contributed by atoms with van der Waals surface area (Å²) in [5, 5.41) is 0. The fourth-order valence-corrected chi connectivity index (χ4v) is 3.16. The second kappa shape index (κ2) is 8.25. The molecule has 10 heteroatoms. The molecule has 0 saturated heterocycles. The molecule has 0 spiro atoms. The number of aromatic nitrogens is 1. The number of ether oxygens (including phenoxy) is 2. The predicted molar refractivity (Wildman–Crippen MR) is 105 cm³/mol. The van der Waals surface area contributed by atoms with Crippen molar-refractivity contribution >= 4 is 0 Å². The summed E-state index contributed by atoms with van der Waals surface area (Å²) < 4.78 is 92.3. The number of rotatable bonds is 4. The normalized spacial score (nSPS) is 11.6. The second-order valence-corrected chi connectivity index (χ2v) is 7.02. The van der Waals surface area contributed by atoms with E-state index in [1.807, 2.05) is 0 Å². The third kappa shape index (κ3) is 4.04. The van der Waals surface area contributed by atoms with Gasteiger partial charge in [0.15, 0.2) is 17.0 Å². The number of alkyl halides is 3. The molecule has 0 bridgehead atoms. The minimum Gasteiger partial charge on any atom is -0.490 e. The molecular formula is C22H17F6NO3. The number of pyridine rings is 1. The first-order valence-corrected chi connectivity index (χ1v) is 9.17. The summed E-state index contributed by atoms with van der Waals surface area (Å²) in [5.74, 6) is -5.98. The maximum Gasteiger partial charge on any atom is 0.419 e. The molecule has 1 N–H and O–H groups in total. The minimum absolute atomic E-state index is 0.0160. The molecule has 0 fully saturated rings. The van der Waals surface area contributed by atoms with E-state index in [4.69, 9.17) is 9.47 Å². The smallest absolute Gasteiger partial charge is 0.419 e. The van der Waals surface area contributed by atoms with E-state index in [0.717, 1.165) is 13.2 Å². The summed E-state index contributed by atoms with van der Waals surface area (Å²) in [7, 11) is 1.02. The average molecular weight is 457 g/mol. The summed E-state index contributed by atoms with van der Waals surface area (Å²) in [4.78, 5) is 15.4. The Morgan fingerprint density at radius 2 is 1.56 bits per heavy atom. The van der Waals surface area contributed by atoms with Gasteiger partial charge in [0.25, 0.3) is 0 Å². The lowest BCUT2D eigenvalue weighted by atomic mass is 10.00. The van der Waals surface area contributed by atoms with Crippen LogP contribution in [-0.4, -0.2) is 12.1 Å². The van der Waals surface area contributed by atoms with Gasteiger partial charge in [-0.05, 0) is 45.0 Å². The topological polar surface area (TPSA) is 51.3 Å². The number of aromatic amines is 1. The Bertz CT molecular complexity index is 1260. The highest BCUT2D eigenvalue weighted by Crippen LogP contribution is 2.43. The highest BCUT2D eigenvalue weighted by molar-refractivity contribution is 5.72. The Morgan fingerprint density at radius 1 is 0.906 bits per heavy atom. The van der Waals surface area contributed by atoms with Crippen molar-refractivity contribution < 1.29 is 35.8 Å². The highest BCUT2D eigenvalue weighted by atomic mass is 19.4. The van der Waals surface area contributed by atoms with Crippen molar-refractivity contribution in [2.75, 3.05) is 7.11 Å². The lowest BCUT2D eigenvalue weighted by Crippen LogP contribution is -2.15. The Kier molecular flexibility index (Phi) is 5.99. The predicted octanol–water partition coefficient (Wildman–Crippen LogP) is 6.20. The highest BCUT2D eigenvalue weighted by Gasteiger charge is 2.36. The molecule has 0 aliphatic rings. The molecule has 32 heavy (non-hydrogen) atoms. The SMILES string of the molecule is COc1c(Oc2cc(C(F)(F)F)c(F)cc2-c2[nH]c(C)c(C)c(=O)c2C)ccc(F)c1F. The van der Waals surface area contributed by atoms with Crippen LogP contribution in [0.4, 0.5) is 26.3 Å². The van der Waals surface area contributed by atoms with E-state index in [1.54, 1.807) is 13.8 Å². The summed E-state index contributed by atoms with van der Waals surface area (Å²) in [6, 6.07) is 2.60. The van der Waals surface area contributed by atoms with Crippen molar-refractivity contribution in [3.8, 4) is 28.5 Å². The van der Waals surface area contributed by atoms with Crippen LogP contribution in [0.25, 0.3) is 11.3 Å². The lowest BCUT2D eigenvalue weighted by Gasteiger charge is -2.19. The van der Waals surface area contributed by atoms with Crippen LogP contribution < -0.4 is 14.9 Å². The summed E-state index contributed by atoms with van der Waals surface area (Å²) >= 11 is 0. The zero-order chi connectivity index (χ0) is 24.0. The fourth-order valence-electron chi connectivity index (χ4n) is 3.16. The lowest BCUT2D eigenvalue weighted by molar-refractivity contribution is -0.140. The number of H-pyrrole nitrogens is 1. The van der Waals surface area contributed by atoms with E-state index in [9.17, 15) is 31.1 Å². The van der Waals surface area contributed by atoms with Crippen molar-refractivity contribution in [3.63, 3.8) is 0 Å². The Morgan fingerprint density at radius 3 is 2.16 bits per heavy atom. The van der Waals surface area contributed by atoms with Crippen molar-refractivity contribution in [1.29, 1.82) is 0 Å². The van der Waals surface area contributed by atoms with Gasteiger partial charge in [-0.3, -0.25) is 4.79 Å². The van der Waals surface area contributed by atoms with Gasteiger partial charge in [-0.15, -0.1) is 0 Å². The van der Waals surface area contributed by atoms with Gasteiger partial charge < -0.3 is 14.5 Å². The van der Waals surface area contributed by atoms with E-state index in [2.05, 4.69) is 4.98 Å². The van der Waals surface area contributed by atoms with Gasteiger partial charge in [-0.25, -0.2) is 8.78 Å². The summed E-state index contributed by atoms with van der Waals surface area (Å²) in [5.41, 5.74) is -1.35. The molecule has 0 unspecified atom stereocenters. The first-order valence-electron chi connectivity index (χ1n) is 9.17. The molecule has 170 valence electrons. The molecule has 0 aliphatic carbocycles. The van der Waals surface area contributed by atoms with Gasteiger partial charge in [-0.1, -0.05) is 0 Å². The van der Waals surface area contributed by atoms with Crippen LogP contribution in [0.5, 0.6) is 17.2 Å². The third-order valence-corrected chi connectivity index (χ3v) is 5.01. The largest absolute Gasteiger partial charge is 0.490 e. The van der Waals surface area contributed by atoms with E-state index in [-0.39, 0.29) is 16.8 Å². The van der Waals surface area contributed by atoms with Crippen LogP contribution in [0, 0.1) is 38.2 Å². The molecule has 0 amide bonds. The van der Waals surface area contributed by atoms with Crippen LogP contribution in [-0.2, 0) is 6.18 Å². The number of halogens is 6. The quantitative estimate of drug-likeness (QED) is 0.475. The van der Waals surface area contributed by atoms with Gasteiger partial charge >= 0.3 is 6.18 Å². The van der Waals surface area contributed by atoms with Gasteiger partial charge in [0.1, 0.15) is 11.6 Å². The van der Waals surface area contributed by atoms with Gasteiger partial charge in [-0.2, -0.15) is 17.6 Å². The standard InChI is InChI=1S/C22H17F6NO3/c1-9-11(3)29-19(10(2)20(9)30)12-7-15(24)13(22(26,27)28)8-17(12)32-16-6-5-14(23)18(25)21(16)31-4/h5-8H,1-4H3,(H,29,30). The van der Waals surface area contributed by atoms with Crippen LogP contribution in [0.3, 0.4) is 0 Å². The van der Waals surface area contributed by atoms with Crippen LogP contribution in [0.2, 0.25) is 0 Å². The Labute approximate surface area is 178 Å². The molecule has 0 atom stereocenters. The van der Waals surface area contributed by atoms with E-state index in [0.29, 0.717) is 29.5 Å². The molecule has 0 aliphatic heterocycles. The Hall–Kier alpha value is -3.43. The van der Waals surface area contributed by atoms with Crippen molar-refractivity contribution in [2.45, 2.75) is 26.9 Å². The monoisotopic (exact) mass is 457 g/mol. The molecule has 3 aromatic rings. The number of aryl methyl sites for hydroxylation is 1. The number of methoxy groups -OCH3 is 1. The molecule has 2 aromatic carbocycles.